The Morgan fingerprint density at radius 3 is 2.43 bits per heavy atom. The summed E-state index contributed by atoms with van der Waals surface area (Å²) < 4.78 is 5.07. The molecule has 0 bridgehead atoms. The van der Waals surface area contributed by atoms with Crippen LogP contribution in [0.1, 0.15) is 5.56 Å². The number of anilines is 2. The topological polar surface area (TPSA) is 62.4 Å². The van der Waals surface area contributed by atoms with Gasteiger partial charge in [0.2, 0.25) is 0 Å². The van der Waals surface area contributed by atoms with Crippen molar-refractivity contribution in [1.29, 1.82) is 0 Å². The van der Waals surface area contributed by atoms with Gasteiger partial charge in [-0.1, -0.05) is 12.1 Å². The number of hydrogen-bond acceptors (Lipinski definition) is 3. The number of nitrogens with one attached hydrogen (secondary N) is 3. The number of hydrogen-bond donors (Lipinski definition) is 3. The maximum atomic E-state index is 11.9. The highest BCUT2D eigenvalue weighted by Crippen LogP contribution is 2.16. The van der Waals surface area contributed by atoms with Gasteiger partial charge in [-0.3, -0.25) is 0 Å². The van der Waals surface area contributed by atoms with Crippen LogP contribution in [-0.4, -0.2) is 20.2 Å². The third-order valence-electron chi connectivity index (χ3n) is 2.91. The average molecular weight is 285 g/mol. The van der Waals surface area contributed by atoms with E-state index in [0.29, 0.717) is 5.69 Å². The molecule has 0 aliphatic heterocycles. The Bertz CT molecular complexity index is 597. The summed E-state index contributed by atoms with van der Waals surface area (Å²) in [6.07, 6.45) is 0. The largest absolute Gasteiger partial charge is 0.497 e. The first-order chi connectivity index (χ1) is 10.2. The van der Waals surface area contributed by atoms with E-state index in [2.05, 4.69) is 16.0 Å². The van der Waals surface area contributed by atoms with Gasteiger partial charge in [0, 0.05) is 17.9 Å². The minimum absolute atomic E-state index is 0.276. The zero-order valence-electron chi connectivity index (χ0n) is 12.1. The molecule has 2 aromatic carbocycles. The SMILES string of the molecule is CNCc1cccc(NC(=O)Nc2ccc(OC)cc2)c1. The predicted molar refractivity (Wildman–Crippen MR) is 84.8 cm³/mol. The highest BCUT2D eigenvalue weighted by molar-refractivity contribution is 5.99. The summed E-state index contributed by atoms with van der Waals surface area (Å²) in [4.78, 5) is 11.9. The van der Waals surface area contributed by atoms with E-state index in [4.69, 9.17) is 4.74 Å². The van der Waals surface area contributed by atoms with Crippen LogP contribution >= 0.6 is 0 Å². The van der Waals surface area contributed by atoms with E-state index in [-0.39, 0.29) is 6.03 Å². The maximum absolute atomic E-state index is 11.9. The van der Waals surface area contributed by atoms with Crippen LogP contribution in [0.5, 0.6) is 5.75 Å². The van der Waals surface area contributed by atoms with Gasteiger partial charge in [-0.2, -0.15) is 0 Å². The van der Waals surface area contributed by atoms with Crippen molar-refractivity contribution < 1.29 is 9.53 Å². The lowest BCUT2D eigenvalue weighted by Gasteiger charge is -2.09. The fourth-order valence-electron chi connectivity index (χ4n) is 1.93. The summed E-state index contributed by atoms with van der Waals surface area (Å²) in [6.45, 7) is 0.760. The molecule has 0 heterocycles. The highest BCUT2D eigenvalue weighted by Gasteiger charge is 2.03. The number of rotatable bonds is 5. The first kappa shape index (κ1) is 14.9. The Morgan fingerprint density at radius 1 is 1.05 bits per heavy atom. The zero-order chi connectivity index (χ0) is 15.1. The quantitative estimate of drug-likeness (QED) is 0.791. The summed E-state index contributed by atoms with van der Waals surface area (Å²) in [7, 11) is 3.49. The summed E-state index contributed by atoms with van der Waals surface area (Å²) in [6, 6.07) is 14.6. The smallest absolute Gasteiger partial charge is 0.323 e. The number of carbonyl (C=O) groups excluding carboxylic acids is 1. The van der Waals surface area contributed by atoms with E-state index in [0.717, 1.165) is 23.5 Å². The molecule has 0 aliphatic rings. The van der Waals surface area contributed by atoms with E-state index in [9.17, 15) is 4.79 Å². The molecular formula is C16H19N3O2. The number of carbonyl (C=O) groups is 1. The summed E-state index contributed by atoms with van der Waals surface area (Å²) in [5.74, 6) is 0.751. The van der Waals surface area contributed by atoms with Crippen LogP contribution in [0.3, 0.4) is 0 Å². The minimum Gasteiger partial charge on any atom is -0.497 e. The van der Waals surface area contributed by atoms with Gasteiger partial charge in [0.05, 0.1) is 7.11 Å². The lowest BCUT2D eigenvalue weighted by atomic mass is 10.2. The molecule has 0 spiro atoms. The molecule has 5 nitrogen and oxygen atoms in total. The fourth-order valence-corrected chi connectivity index (χ4v) is 1.93. The molecule has 2 aromatic rings. The van der Waals surface area contributed by atoms with Gasteiger partial charge in [-0.15, -0.1) is 0 Å². The Kier molecular flexibility index (Phi) is 5.17. The van der Waals surface area contributed by atoms with E-state index in [1.807, 2.05) is 31.3 Å². The molecule has 0 saturated carbocycles. The molecule has 2 amide bonds. The first-order valence-corrected chi connectivity index (χ1v) is 6.67. The van der Waals surface area contributed by atoms with Gasteiger partial charge in [0.25, 0.3) is 0 Å². The number of urea groups is 1. The lowest BCUT2D eigenvalue weighted by Crippen LogP contribution is -2.19. The second-order valence-electron chi connectivity index (χ2n) is 4.54. The number of amides is 2. The molecule has 21 heavy (non-hydrogen) atoms. The molecule has 110 valence electrons. The molecule has 0 aromatic heterocycles. The summed E-state index contributed by atoms with van der Waals surface area (Å²) in [5, 5.41) is 8.66. The second kappa shape index (κ2) is 7.31. The third kappa shape index (κ3) is 4.50. The second-order valence-corrected chi connectivity index (χ2v) is 4.54. The first-order valence-electron chi connectivity index (χ1n) is 6.67. The normalized spacial score (nSPS) is 10.0. The molecule has 5 heteroatoms. The average Bonchev–Trinajstić information content (AvgIpc) is 2.48. The Hall–Kier alpha value is -2.53. The van der Waals surface area contributed by atoms with Crippen LogP contribution in [0.15, 0.2) is 48.5 Å². The van der Waals surface area contributed by atoms with Gasteiger partial charge in [0.1, 0.15) is 5.75 Å². The van der Waals surface area contributed by atoms with Crippen LogP contribution in [0, 0.1) is 0 Å². The Morgan fingerprint density at radius 2 is 1.76 bits per heavy atom. The monoisotopic (exact) mass is 285 g/mol. The van der Waals surface area contributed by atoms with Gasteiger partial charge in [-0.05, 0) is 49.0 Å². The van der Waals surface area contributed by atoms with Crippen LogP contribution in [0.25, 0.3) is 0 Å². The van der Waals surface area contributed by atoms with Gasteiger partial charge < -0.3 is 20.7 Å². The lowest BCUT2D eigenvalue weighted by molar-refractivity contribution is 0.262. The van der Waals surface area contributed by atoms with E-state index >= 15 is 0 Å². The number of ether oxygens (including phenoxy) is 1. The standard InChI is InChI=1S/C16H19N3O2/c1-17-11-12-4-3-5-14(10-12)19-16(20)18-13-6-8-15(21-2)9-7-13/h3-10,17H,11H2,1-2H3,(H2,18,19,20). The van der Waals surface area contributed by atoms with Crippen molar-refractivity contribution in [2.75, 3.05) is 24.8 Å². The van der Waals surface area contributed by atoms with E-state index in [1.165, 1.54) is 0 Å². The molecule has 0 aliphatic carbocycles. The Labute approximate surface area is 124 Å². The summed E-state index contributed by atoms with van der Waals surface area (Å²) >= 11 is 0. The van der Waals surface area contributed by atoms with Crippen LogP contribution in [0.4, 0.5) is 16.2 Å². The molecule has 0 atom stereocenters. The van der Waals surface area contributed by atoms with Crippen LogP contribution in [0.2, 0.25) is 0 Å². The van der Waals surface area contributed by atoms with Gasteiger partial charge >= 0.3 is 6.03 Å². The van der Waals surface area contributed by atoms with Crippen molar-refractivity contribution >= 4 is 17.4 Å². The van der Waals surface area contributed by atoms with Crippen LogP contribution < -0.4 is 20.7 Å². The number of benzene rings is 2. The van der Waals surface area contributed by atoms with Crippen molar-refractivity contribution in [3.05, 3.63) is 54.1 Å². The molecule has 0 radical (unpaired) electrons. The van der Waals surface area contributed by atoms with Gasteiger partial charge in [-0.25, -0.2) is 4.79 Å². The maximum Gasteiger partial charge on any atom is 0.323 e. The highest BCUT2D eigenvalue weighted by atomic mass is 16.5. The zero-order valence-corrected chi connectivity index (χ0v) is 12.1. The molecule has 0 unspecified atom stereocenters. The molecule has 2 rings (SSSR count). The molecular weight excluding hydrogens is 266 g/mol. The molecule has 3 N–H and O–H groups in total. The van der Waals surface area contributed by atoms with E-state index < -0.39 is 0 Å². The van der Waals surface area contributed by atoms with Crippen molar-refractivity contribution in [1.82, 2.24) is 5.32 Å². The van der Waals surface area contributed by atoms with Crippen LogP contribution in [-0.2, 0) is 6.54 Å². The summed E-state index contributed by atoms with van der Waals surface area (Å²) in [5.41, 5.74) is 2.58. The van der Waals surface area contributed by atoms with Crippen molar-refractivity contribution in [2.45, 2.75) is 6.54 Å². The van der Waals surface area contributed by atoms with Crippen molar-refractivity contribution in [3.8, 4) is 5.75 Å². The number of methoxy groups -OCH3 is 1. The molecule has 0 saturated heterocycles. The van der Waals surface area contributed by atoms with Crippen molar-refractivity contribution in [2.24, 2.45) is 0 Å². The Balaban J connectivity index is 1.95. The van der Waals surface area contributed by atoms with Crippen molar-refractivity contribution in [3.63, 3.8) is 0 Å². The minimum atomic E-state index is -0.276. The third-order valence-corrected chi connectivity index (χ3v) is 2.91. The molecule has 0 fully saturated rings. The fraction of sp³-hybridized carbons (Fsp3) is 0.188. The van der Waals surface area contributed by atoms with E-state index in [1.54, 1.807) is 31.4 Å². The predicted octanol–water partition coefficient (Wildman–Crippen LogP) is 3.06. The van der Waals surface area contributed by atoms with Gasteiger partial charge in [0.15, 0.2) is 0 Å².